The summed E-state index contributed by atoms with van der Waals surface area (Å²) in [6.07, 6.45) is -0.283. The fourth-order valence-electron chi connectivity index (χ4n) is 2.46. The number of ether oxygens (including phenoxy) is 1. The molecule has 4 N–H and O–H groups in total. The van der Waals surface area contributed by atoms with Gasteiger partial charge < -0.3 is 10.5 Å². The third-order valence-corrected chi connectivity index (χ3v) is 7.16. The van der Waals surface area contributed by atoms with Gasteiger partial charge in [0.05, 0.1) is 0 Å². The summed E-state index contributed by atoms with van der Waals surface area (Å²) >= 11 is 1.02. The van der Waals surface area contributed by atoms with Crippen molar-refractivity contribution in [3.8, 4) is 11.8 Å². The van der Waals surface area contributed by atoms with Gasteiger partial charge in [-0.15, -0.1) is 16.2 Å². The molecule has 2 heterocycles. The summed E-state index contributed by atoms with van der Waals surface area (Å²) in [6.45, 7) is 0.684. The highest BCUT2D eigenvalue weighted by molar-refractivity contribution is 7.91. The number of nitrogens with two attached hydrogens (primary N) is 1. The van der Waals surface area contributed by atoms with E-state index in [2.05, 4.69) is 9.71 Å². The van der Waals surface area contributed by atoms with Gasteiger partial charge >= 0.3 is 8.25 Å². The van der Waals surface area contributed by atoms with Crippen molar-refractivity contribution in [3.63, 3.8) is 0 Å². The van der Waals surface area contributed by atoms with Crippen molar-refractivity contribution in [1.29, 1.82) is 5.26 Å². The zero-order chi connectivity index (χ0) is 21.7. The van der Waals surface area contributed by atoms with E-state index < -0.39 is 24.5 Å². The first-order chi connectivity index (χ1) is 14.3. The van der Waals surface area contributed by atoms with Crippen LogP contribution in [0.3, 0.4) is 0 Å². The molecule has 1 aromatic carbocycles. The minimum Gasteiger partial charge on any atom is -0.492 e. The van der Waals surface area contributed by atoms with E-state index >= 15 is 0 Å². The molecule has 2 atom stereocenters. The highest BCUT2D eigenvalue weighted by Crippen LogP contribution is 2.34. The molecule has 13 heteroatoms. The molecule has 2 unspecified atom stereocenters. The zero-order valence-electron chi connectivity index (χ0n) is 15.3. The van der Waals surface area contributed by atoms with Gasteiger partial charge in [-0.1, -0.05) is 10.6 Å². The molecule has 3 rings (SSSR count). The number of benzene rings is 1. The Morgan fingerprint density at radius 1 is 1.33 bits per heavy atom. The smallest absolute Gasteiger partial charge is 0.492 e. The first kappa shape index (κ1) is 22.2. The number of nitrogens with zero attached hydrogens (tertiary/aromatic N) is 2. The summed E-state index contributed by atoms with van der Waals surface area (Å²) in [6, 6.07) is 11.1. The highest BCUT2D eigenvalue weighted by atomic mass is 32.2. The number of nitrogens with one attached hydrogen (secondary N) is 1. The number of rotatable bonds is 9. The second-order valence-corrected chi connectivity index (χ2v) is 9.55. The Morgan fingerprint density at radius 3 is 2.77 bits per heavy atom. The molecule has 0 bridgehead atoms. The van der Waals surface area contributed by atoms with Crippen molar-refractivity contribution in [2.45, 2.75) is 10.4 Å². The van der Waals surface area contributed by atoms with Gasteiger partial charge in [0.15, 0.2) is 0 Å². The first-order valence-electron chi connectivity index (χ1n) is 8.40. The molecule has 0 aliphatic rings. The van der Waals surface area contributed by atoms with Crippen molar-refractivity contribution in [2.75, 3.05) is 13.2 Å². The fourth-order valence-corrected chi connectivity index (χ4v) is 5.38. The lowest BCUT2D eigenvalue weighted by atomic mass is 10.2. The van der Waals surface area contributed by atoms with E-state index in [1.54, 1.807) is 18.2 Å². The summed E-state index contributed by atoms with van der Waals surface area (Å²) < 4.78 is 50.1. The molecular formula is C17H16N4O6PS2+. The lowest BCUT2D eigenvalue weighted by molar-refractivity contribution is 0.181. The number of thiophene rings is 1. The van der Waals surface area contributed by atoms with E-state index in [9.17, 15) is 13.0 Å². The minimum atomic E-state index is -4.11. The van der Waals surface area contributed by atoms with E-state index in [0.717, 1.165) is 11.3 Å². The van der Waals surface area contributed by atoms with E-state index in [1.807, 2.05) is 6.07 Å². The van der Waals surface area contributed by atoms with Crippen LogP contribution in [0, 0.1) is 11.3 Å². The molecule has 0 aliphatic heterocycles. The Labute approximate surface area is 176 Å². The molecule has 10 nitrogen and oxygen atoms in total. The number of hydrogen-bond acceptors (Lipinski definition) is 9. The molecule has 2 aromatic heterocycles. The Kier molecular flexibility index (Phi) is 7.06. The summed E-state index contributed by atoms with van der Waals surface area (Å²) in [7, 11) is -7.23. The Hall–Kier alpha value is -2.49. The predicted molar refractivity (Wildman–Crippen MR) is 109 cm³/mol. The second-order valence-electron chi connectivity index (χ2n) is 5.84. The average Bonchev–Trinajstić information content (AvgIpc) is 3.16. The molecule has 3 aromatic rings. The van der Waals surface area contributed by atoms with Crippen molar-refractivity contribution < 1.29 is 27.1 Å². The maximum absolute atomic E-state index is 12.9. The van der Waals surface area contributed by atoms with E-state index in [0.29, 0.717) is 29.0 Å². The number of nitriles is 1. The van der Waals surface area contributed by atoms with Crippen LogP contribution in [0.5, 0.6) is 5.75 Å². The Morgan fingerprint density at radius 2 is 2.13 bits per heavy atom. The summed E-state index contributed by atoms with van der Waals surface area (Å²) in [5.41, 5.74) is 5.68. The average molecular weight is 467 g/mol. The Bertz CT molecular complexity index is 1210. The molecule has 0 amide bonds. The molecule has 0 aliphatic carbocycles. The van der Waals surface area contributed by atoms with Gasteiger partial charge in [-0.05, 0) is 35.7 Å². The van der Waals surface area contributed by atoms with Crippen LogP contribution in [0.15, 0.2) is 46.8 Å². The third-order valence-electron chi connectivity index (χ3n) is 3.78. The van der Waals surface area contributed by atoms with Crippen LogP contribution in [0.2, 0.25) is 0 Å². The lowest BCUT2D eigenvalue weighted by Gasteiger charge is -2.12. The van der Waals surface area contributed by atoms with Crippen LogP contribution in [-0.2, 0) is 19.1 Å². The fraction of sp³-hybridized carbons (Fsp3) is 0.176. The molecule has 0 fully saturated rings. The van der Waals surface area contributed by atoms with Crippen LogP contribution in [-0.4, -0.2) is 31.4 Å². The third kappa shape index (κ3) is 5.35. The summed E-state index contributed by atoms with van der Waals surface area (Å²) in [4.78, 5) is 13.0. The maximum atomic E-state index is 12.9. The molecule has 0 radical (unpaired) electrons. The van der Waals surface area contributed by atoms with Crippen molar-refractivity contribution in [1.82, 2.24) is 9.71 Å². The molecular weight excluding hydrogens is 451 g/mol. The van der Waals surface area contributed by atoms with Crippen molar-refractivity contribution in [3.05, 3.63) is 53.9 Å². The molecule has 0 saturated heterocycles. The number of fused-ring (bicyclic) bond motifs is 1. The normalized spacial score (nSPS) is 13.0. The van der Waals surface area contributed by atoms with Gasteiger partial charge in [0.25, 0.3) is 10.0 Å². The first-order valence-corrected chi connectivity index (χ1v) is 11.8. The van der Waals surface area contributed by atoms with Crippen LogP contribution < -0.4 is 15.2 Å². The van der Waals surface area contributed by atoms with E-state index in [-0.39, 0.29) is 15.5 Å². The van der Waals surface area contributed by atoms with Gasteiger partial charge in [-0.2, -0.15) is 9.98 Å². The van der Waals surface area contributed by atoms with E-state index in [1.165, 1.54) is 24.4 Å². The van der Waals surface area contributed by atoms with Gasteiger partial charge in [0, 0.05) is 27.6 Å². The summed E-state index contributed by atoms with van der Waals surface area (Å²) in [5, 5.41) is 9.48. The Balaban J connectivity index is 1.89. The largest absolute Gasteiger partial charge is 0.696 e. The minimum absolute atomic E-state index is 0.0168. The number of aromatic nitrogens is 1. The number of sulfonamides is 1. The SMILES string of the molecule is N#Cc1ccc(C(NS(=O)(=O)c2cc3cc(OCCN)ccc3s2)O[P+](=O)O)cn1. The zero-order valence-corrected chi connectivity index (χ0v) is 17.8. The second kappa shape index (κ2) is 9.55. The molecule has 0 spiro atoms. The number of hydrogen-bond donors (Lipinski definition) is 3. The van der Waals surface area contributed by atoms with E-state index in [4.69, 9.17) is 25.1 Å². The monoisotopic (exact) mass is 467 g/mol. The van der Waals surface area contributed by atoms with Crippen LogP contribution in [0.1, 0.15) is 17.5 Å². The van der Waals surface area contributed by atoms with Gasteiger partial charge in [0.1, 0.15) is 28.3 Å². The highest BCUT2D eigenvalue weighted by Gasteiger charge is 2.31. The standard InChI is InChI=1S/C17H15N4O6PS2/c18-5-6-26-14-3-4-15-12(7-14)8-16(29-15)30(24,25)21-17(27-28(22)23)11-1-2-13(9-19)20-10-11/h1-4,7-8,10,17,21H,5-6,18H2/p+1. The molecule has 156 valence electrons. The van der Waals surface area contributed by atoms with Crippen LogP contribution in [0.4, 0.5) is 0 Å². The van der Waals surface area contributed by atoms with Crippen LogP contribution >= 0.6 is 19.6 Å². The van der Waals surface area contributed by atoms with Crippen LogP contribution in [0.25, 0.3) is 10.1 Å². The lowest BCUT2D eigenvalue weighted by Crippen LogP contribution is -2.29. The van der Waals surface area contributed by atoms with Crippen molar-refractivity contribution in [2.24, 2.45) is 5.73 Å². The quantitative estimate of drug-likeness (QED) is 0.316. The maximum Gasteiger partial charge on any atom is 0.696 e. The topological polar surface area (TPSA) is 165 Å². The van der Waals surface area contributed by atoms with Gasteiger partial charge in [0.2, 0.25) is 6.23 Å². The summed E-state index contributed by atoms with van der Waals surface area (Å²) in [5.74, 6) is 0.560. The molecule has 0 saturated carbocycles. The molecule has 30 heavy (non-hydrogen) atoms. The van der Waals surface area contributed by atoms with Crippen molar-refractivity contribution >= 4 is 39.7 Å². The van der Waals surface area contributed by atoms with Gasteiger partial charge in [-0.3, -0.25) is 0 Å². The predicted octanol–water partition coefficient (Wildman–Crippen LogP) is 2.15. The van der Waals surface area contributed by atoms with Gasteiger partial charge in [-0.25, -0.2) is 13.4 Å². The number of pyridine rings is 1.